The number of amides is 1. The molecule has 0 fully saturated rings. The summed E-state index contributed by atoms with van der Waals surface area (Å²) in [5, 5.41) is 3.98. The Morgan fingerprint density at radius 3 is 2.44 bits per heavy atom. The summed E-state index contributed by atoms with van der Waals surface area (Å²) in [5.74, 6) is 0.580. The van der Waals surface area contributed by atoms with E-state index in [1.54, 1.807) is 4.90 Å². The first-order chi connectivity index (χ1) is 14.9. The van der Waals surface area contributed by atoms with Gasteiger partial charge in [0.25, 0.3) is 0 Å². The normalized spacial score (nSPS) is 16.0. The molecule has 1 aromatic heterocycles. The molecular formula is C26H39N3O2Si. The van der Waals surface area contributed by atoms with Gasteiger partial charge in [0, 0.05) is 37.1 Å². The van der Waals surface area contributed by atoms with E-state index in [2.05, 4.69) is 77.0 Å². The quantitative estimate of drug-likeness (QED) is 0.586. The van der Waals surface area contributed by atoms with Crippen molar-refractivity contribution >= 4 is 27.0 Å². The van der Waals surface area contributed by atoms with Crippen LogP contribution in [0.15, 0.2) is 36.7 Å². The summed E-state index contributed by atoms with van der Waals surface area (Å²) in [6.45, 7) is 15.6. The monoisotopic (exact) mass is 453 g/mol. The molecule has 1 aliphatic rings. The lowest BCUT2D eigenvalue weighted by Crippen LogP contribution is -2.49. The van der Waals surface area contributed by atoms with Crippen LogP contribution < -0.4 is 10.2 Å². The van der Waals surface area contributed by atoms with Crippen molar-refractivity contribution in [3.8, 4) is 11.1 Å². The van der Waals surface area contributed by atoms with E-state index in [4.69, 9.17) is 4.43 Å². The van der Waals surface area contributed by atoms with Crippen molar-refractivity contribution in [3.63, 3.8) is 0 Å². The number of pyridine rings is 1. The van der Waals surface area contributed by atoms with Crippen molar-refractivity contribution in [1.82, 2.24) is 4.98 Å². The molecule has 0 saturated carbocycles. The third-order valence-electron chi connectivity index (χ3n) is 6.11. The molecular weight excluding hydrogens is 414 g/mol. The summed E-state index contributed by atoms with van der Waals surface area (Å²) >= 11 is 0. The minimum Gasteiger partial charge on any atom is -0.416 e. The second-order valence-corrected chi connectivity index (χ2v) is 13.8. The number of carbonyl (C=O) groups excluding carboxylic acids is 1. The fourth-order valence-corrected chi connectivity index (χ4v) is 5.31. The number of nitrogens with one attached hydrogen (secondary N) is 1. The van der Waals surface area contributed by atoms with E-state index in [0.29, 0.717) is 12.3 Å². The van der Waals surface area contributed by atoms with E-state index in [1.807, 2.05) is 25.5 Å². The van der Waals surface area contributed by atoms with Gasteiger partial charge in [-0.2, -0.15) is 0 Å². The molecule has 0 bridgehead atoms. The lowest BCUT2D eigenvalue weighted by molar-refractivity contribution is -0.118. The lowest BCUT2D eigenvalue weighted by atomic mass is 9.89. The molecule has 2 heterocycles. The summed E-state index contributed by atoms with van der Waals surface area (Å²) in [6.07, 6.45) is 5.15. The average molecular weight is 454 g/mol. The molecule has 0 spiro atoms. The number of benzene rings is 1. The predicted octanol–water partition coefficient (Wildman–Crippen LogP) is 5.19. The molecule has 6 heteroatoms. The van der Waals surface area contributed by atoms with Crippen molar-refractivity contribution in [2.45, 2.75) is 78.0 Å². The number of aryl methyl sites for hydroxylation is 1. The lowest BCUT2D eigenvalue weighted by Gasteiger charge is -2.40. The summed E-state index contributed by atoms with van der Waals surface area (Å²) in [7, 11) is 1.18. The number of carbonyl (C=O) groups is 1. The number of rotatable bonds is 7. The highest BCUT2D eigenvalue weighted by Crippen LogP contribution is 2.33. The van der Waals surface area contributed by atoms with Crippen LogP contribution in [0, 0.1) is 5.92 Å². The maximum atomic E-state index is 12.0. The van der Waals surface area contributed by atoms with Crippen LogP contribution in [-0.4, -0.2) is 39.3 Å². The number of hydrogen-bond acceptors (Lipinski definition) is 4. The first-order valence-corrected chi connectivity index (χ1v) is 12.9. The summed E-state index contributed by atoms with van der Waals surface area (Å²) < 4.78 is 6.51. The Kier molecular flexibility index (Phi) is 7.15. The average Bonchev–Trinajstić information content (AvgIpc) is 2.72. The van der Waals surface area contributed by atoms with E-state index < -0.39 is 9.76 Å². The molecule has 1 amide bonds. The van der Waals surface area contributed by atoms with Gasteiger partial charge in [0.2, 0.25) is 5.91 Å². The fraction of sp³-hybridized carbons (Fsp3) is 0.538. The van der Waals surface area contributed by atoms with Gasteiger partial charge in [-0.05, 0) is 60.6 Å². The van der Waals surface area contributed by atoms with Crippen LogP contribution in [-0.2, 0) is 15.6 Å². The van der Waals surface area contributed by atoms with Crippen molar-refractivity contribution < 1.29 is 9.22 Å². The minimum absolute atomic E-state index is 0.164. The van der Waals surface area contributed by atoms with E-state index in [1.165, 1.54) is 5.56 Å². The Hall–Kier alpha value is -2.18. The topological polar surface area (TPSA) is 54.5 Å². The van der Waals surface area contributed by atoms with E-state index in [9.17, 15) is 4.79 Å². The molecule has 0 radical (unpaired) electrons. The second-order valence-electron chi connectivity index (χ2n) is 11.1. The Balaban J connectivity index is 1.83. The molecule has 32 heavy (non-hydrogen) atoms. The predicted molar refractivity (Wildman–Crippen MR) is 137 cm³/mol. The Bertz CT molecular complexity index is 966. The van der Waals surface area contributed by atoms with Crippen molar-refractivity contribution in [2.75, 3.05) is 17.3 Å². The maximum absolute atomic E-state index is 12.0. The van der Waals surface area contributed by atoms with Gasteiger partial charge in [0.15, 0.2) is 9.76 Å². The van der Waals surface area contributed by atoms with E-state index in [0.717, 1.165) is 28.9 Å². The van der Waals surface area contributed by atoms with Crippen LogP contribution in [0.1, 0.15) is 60.5 Å². The molecule has 0 aliphatic carbocycles. The zero-order valence-corrected chi connectivity index (χ0v) is 22.4. The van der Waals surface area contributed by atoms with Crippen LogP contribution in [0.25, 0.3) is 11.1 Å². The van der Waals surface area contributed by atoms with Gasteiger partial charge < -0.3 is 14.6 Å². The van der Waals surface area contributed by atoms with Crippen LogP contribution in [0.2, 0.25) is 5.04 Å². The minimum atomic E-state index is -0.668. The first-order valence-electron chi connectivity index (χ1n) is 11.6. The number of nitrogens with zero attached hydrogens (tertiary/aromatic N) is 2. The van der Waals surface area contributed by atoms with Gasteiger partial charge in [-0.3, -0.25) is 9.78 Å². The van der Waals surface area contributed by atoms with Gasteiger partial charge in [-0.25, -0.2) is 0 Å². The van der Waals surface area contributed by atoms with Gasteiger partial charge in [-0.15, -0.1) is 0 Å². The maximum Gasteiger partial charge on any atom is 0.227 e. The zero-order valence-electron chi connectivity index (χ0n) is 21.0. The summed E-state index contributed by atoms with van der Waals surface area (Å²) in [6, 6.07) is 8.65. The van der Waals surface area contributed by atoms with Gasteiger partial charge in [0.1, 0.15) is 0 Å². The molecule has 1 aromatic carbocycles. The summed E-state index contributed by atoms with van der Waals surface area (Å²) in [4.78, 5) is 18.3. The Morgan fingerprint density at radius 1 is 1.06 bits per heavy atom. The molecule has 174 valence electrons. The molecule has 1 N–H and O–H groups in total. The Morgan fingerprint density at radius 2 is 1.78 bits per heavy atom. The smallest absolute Gasteiger partial charge is 0.227 e. The third kappa shape index (κ3) is 5.78. The fourth-order valence-electron chi connectivity index (χ4n) is 4.33. The highest BCUT2D eigenvalue weighted by molar-refractivity contribution is 6.31. The standard InChI is InChI=1S/C26H39N3O2Si/c1-17(2)24(26(6,7)31-32-25(3,4)5)28-21-14-20(15-27-16-21)18-9-11-22-19(13-18)10-12-23(30)29(22)8/h9,11,13-17,24,28H,10,12,32H2,1-8H3/t24-/m1/s1. The highest BCUT2D eigenvalue weighted by atomic mass is 28.2. The van der Waals surface area contributed by atoms with Crippen LogP contribution >= 0.6 is 0 Å². The molecule has 3 rings (SSSR count). The SMILES string of the molecule is CC(C)[C@@H](Nc1cncc(-c2ccc3c(c2)CCC(=O)N3C)c1)C(C)(C)O[SiH2]C(C)(C)C. The highest BCUT2D eigenvalue weighted by Gasteiger charge is 2.34. The van der Waals surface area contributed by atoms with E-state index in [-0.39, 0.29) is 22.6 Å². The molecule has 1 atom stereocenters. The van der Waals surface area contributed by atoms with Crippen LogP contribution in [0.3, 0.4) is 0 Å². The zero-order chi connectivity index (χ0) is 23.7. The second kappa shape index (κ2) is 9.36. The van der Waals surface area contributed by atoms with Crippen LogP contribution in [0.5, 0.6) is 0 Å². The summed E-state index contributed by atoms with van der Waals surface area (Å²) in [5.41, 5.74) is 5.15. The number of fused-ring (bicyclic) bond motifs is 1. The van der Waals surface area contributed by atoms with Crippen molar-refractivity contribution in [1.29, 1.82) is 0 Å². The number of anilines is 2. The number of hydrogen-bond donors (Lipinski definition) is 1. The first kappa shape index (κ1) is 24.5. The van der Waals surface area contributed by atoms with Crippen molar-refractivity contribution in [3.05, 3.63) is 42.2 Å². The van der Waals surface area contributed by atoms with Crippen molar-refractivity contribution in [2.24, 2.45) is 5.92 Å². The molecule has 1 aliphatic heterocycles. The molecule has 0 unspecified atom stereocenters. The Labute approximate surface area is 195 Å². The third-order valence-corrected chi connectivity index (χ3v) is 7.86. The number of aromatic nitrogens is 1. The van der Waals surface area contributed by atoms with Crippen LogP contribution in [0.4, 0.5) is 11.4 Å². The van der Waals surface area contributed by atoms with E-state index >= 15 is 0 Å². The molecule has 2 aromatic rings. The molecule has 5 nitrogen and oxygen atoms in total. The van der Waals surface area contributed by atoms with Gasteiger partial charge in [0.05, 0.1) is 17.3 Å². The van der Waals surface area contributed by atoms with Gasteiger partial charge >= 0.3 is 0 Å². The largest absolute Gasteiger partial charge is 0.416 e. The molecule has 0 saturated heterocycles. The van der Waals surface area contributed by atoms with Gasteiger partial charge in [-0.1, -0.05) is 40.7 Å².